The summed E-state index contributed by atoms with van der Waals surface area (Å²) in [5, 5.41) is 12.5. The van der Waals surface area contributed by atoms with Crippen LogP contribution in [0.2, 0.25) is 0 Å². The standard InChI is InChI=1S/C23H21N5O2/c1-15-7-3-4-9-18(15)14-30-21-12-11-17-8-5-6-10-19(17)20(21)13-24-27-22-16(2)26-28-23(29)25-22/h3-13H,14H2,1-2H3,(H2,25,27,28,29)/b24-13-. The maximum Gasteiger partial charge on any atom is 0.363 e. The second kappa shape index (κ2) is 8.57. The van der Waals surface area contributed by atoms with E-state index in [9.17, 15) is 4.79 Å². The van der Waals surface area contributed by atoms with E-state index in [1.807, 2.05) is 48.5 Å². The van der Waals surface area contributed by atoms with Gasteiger partial charge >= 0.3 is 5.69 Å². The first kappa shape index (κ1) is 19.3. The number of hydrogen-bond donors (Lipinski definition) is 2. The molecule has 0 atom stereocenters. The summed E-state index contributed by atoms with van der Waals surface area (Å²) >= 11 is 0. The zero-order chi connectivity index (χ0) is 20.9. The number of hydrazone groups is 1. The van der Waals surface area contributed by atoms with Crippen LogP contribution in [-0.2, 0) is 6.61 Å². The molecule has 30 heavy (non-hydrogen) atoms. The molecule has 0 unspecified atom stereocenters. The molecule has 4 aromatic rings. The van der Waals surface area contributed by atoms with Crippen molar-refractivity contribution < 1.29 is 4.74 Å². The van der Waals surface area contributed by atoms with Crippen LogP contribution in [-0.4, -0.2) is 21.4 Å². The number of anilines is 1. The SMILES string of the molecule is Cc1ccccc1COc1ccc2ccccc2c1/C=N\Nc1nc(=O)[nH]nc1C. The smallest absolute Gasteiger partial charge is 0.363 e. The minimum atomic E-state index is -0.536. The second-order valence-electron chi connectivity index (χ2n) is 6.86. The third kappa shape index (κ3) is 4.20. The Morgan fingerprint density at radius 3 is 2.73 bits per heavy atom. The quantitative estimate of drug-likeness (QED) is 0.378. The Bertz CT molecular complexity index is 1280. The highest BCUT2D eigenvalue weighted by molar-refractivity contribution is 6.02. The van der Waals surface area contributed by atoms with Crippen molar-refractivity contribution >= 4 is 22.8 Å². The molecule has 0 spiro atoms. The van der Waals surface area contributed by atoms with Crippen LogP contribution in [0.25, 0.3) is 10.8 Å². The number of nitrogens with one attached hydrogen (secondary N) is 2. The molecule has 0 aliphatic rings. The molecule has 150 valence electrons. The molecule has 0 saturated heterocycles. The van der Waals surface area contributed by atoms with Crippen molar-refractivity contribution in [3.8, 4) is 5.75 Å². The normalized spacial score (nSPS) is 11.1. The summed E-state index contributed by atoms with van der Waals surface area (Å²) in [6, 6.07) is 20.1. The van der Waals surface area contributed by atoms with Crippen LogP contribution < -0.4 is 15.9 Å². The highest BCUT2D eigenvalue weighted by Gasteiger charge is 2.09. The van der Waals surface area contributed by atoms with Crippen LogP contribution >= 0.6 is 0 Å². The lowest BCUT2D eigenvalue weighted by Crippen LogP contribution is -2.15. The fourth-order valence-corrected chi connectivity index (χ4v) is 3.12. The van der Waals surface area contributed by atoms with Crippen molar-refractivity contribution in [3.63, 3.8) is 0 Å². The number of benzene rings is 3. The molecule has 1 aromatic heterocycles. The minimum absolute atomic E-state index is 0.303. The molecule has 1 heterocycles. The summed E-state index contributed by atoms with van der Waals surface area (Å²) in [5.41, 5.74) is 5.95. The number of nitrogens with zero attached hydrogens (tertiary/aromatic N) is 3. The summed E-state index contributed by atoms with van der Waals surface area (Å²) in [7, 11) is 0. The molecule has 0 saturated carbocycles. The fraction of sp³-hybridized carbons (Fsp3) is 0.130. The summed E-state index contributed by atoms with van der Waals surface area (Å²) in [5.74, 6) is 1.02. The predicted octanol–water partition coefficient (Wildman–Crippen LogP) is 3.96. The predicted molar refractivity (Wildman–Crippen MR) is 118 cm³/mol. The number of hydrogen-bond acceptors (Lipinski definition) is 6. The molecular formula is C23H21N5O2. The average Bonchev–Trinajstić information content (AvgIpc) is 2.76. The van der Waals surface area contributed by atoms with Gasteiger partial charge in [0.15, 0.2) is 5.82 Å². The first-order valence-electron chi connectivity index (χ1n) is 9.53. The number of rotatable bonds is 6. The highest BCUT2D eigenvalue weighted by Crippen LogP contribution is 2.27. The molecule has 7 heteroatoms. The number of aromatic amines is 1. The Kier molecular flexibility index (Phi) is 5.52. The van der Waals surface area contributed by atoms with Crippen LogP contribution in [0, 0.1) is 13.8 Å². The number of aryl methyl sites for hydroxylation is 2. The first-order valence-corrected chi connectivity index (χ1v) is 9.53. The molecule has 0 fully saturated rings. The van der Waals surface area contributed by atoms with Gasteiger partial charge in [-0.25, -0.2) is 9.89 Å². The Labute approximate surface area is 173 Å². The van der Waals surface area contributed by atoms with Gasteiger partial charge in [-0.15, -0.1) is 0 Å². The molecule has 2 N–H and O–H groups in total. The highest BCUT2D eigenvalue weighted by atomic mass is 16.5. The maximum atomic E-state index is 11.4. The van der Waals surface area contributed by atoms with Crippen molar-refractivity contribution in [1.29, 1.82) is 0 Å². The Morgan fingerprint density at radius 1 is 1.07 bits per heavy atom. The van der Waals surface area contributed by atoms with Crippen molar-refractivity contribution in [2.24, 2.45) is 5.10 Å². The second-order valence-corrected chi connectivity index (χ2v) is 6.86. The van der Waals surface area contributed by atoms with Gasteiger partial charge in [0.1, 0.15) is 18.1 Å². The topological polar surface area (TPSA) is 92.3 Å². The van der Waals surface area contributed by atoms with Gasteiger partial charge in [0, 0.05) is 5.56 Å². The van der Waals surface area contributed by atoms with E-state index in [4.69, 9.17) is 4.74 Å². The molecule has 0 bridgehead atoms. The van der Waals surface area contributed by atoms with Crippen molar-refractivity contribution in [2.45, 2.75) is 20.5 Å². The number of aromatic nitrogens is 3. The average molecular weight is 399 g/mol. The van der Waals surface area contributed by atoms with Crippen LogP contribution in [0.4, 0.5) is 5.82 Å². The lowest BCUT2D eigenvalue weighted by atomic mass is 10.0. The van der Waals surface area contributed by atoms with E-state index in [1.54, 1.807) is 13.1 Å². The molecule has 4 rings (SSSR count). The van der Waals surface area contributed by atoms with E-state index < -0.39 is 5.69 Å². The molecule has 3 aromatic carbocycles. The summed E-state index contributed by atoms with van der Waals surface area (Å²) in [6.45, 7) is 4.25. The third-order valence-electron chi connectivity index (χ3n) is 4.81. The number of fused-ring (bicyclic) bond motifs is 1. The van der Waals surface area contributed by atoms with Crippen molar-refractivity contribution in [1.82, 2.24) is 15.2 Å². The van der Waals surface area contributed by atoms with Gasteiger partial charge in [-0.3, -0.25) is 5.43 Å². The van der Waals surface area contributed by atoms with Gasteiger partial charge < -0.3 is 4.74 Å². The Morgan fingerprint density at radius 2 is 1.87 bits per heavy atom. The van der Waals surface area contributed by atoms with E-state index in [0.717, 1.165) is 27.6 Å². The summed E-state index contributed by atoms with van der Waals surface area (Å²) in [4.78, 5) is 15.3. The van der Waals surface area contributed by atoms with Crippen molar-refractivity contribution in [3.05, 3.63) is 93.5 Å². The van der Waals surface area contributed by atoms with Crippen LogP contribution in [0.15, 0.2) is 70.6 Å². The van der Waals surface area contributed by atoms with E-state index in [2.05, 4.69) is 44.8 Å². The fourth-order valence-electron chi connectivity index (χ4n) is 3.12. The van der Waals surface area contributed by atoms with Gasteiger partial charge in [0.05, 0.1) is 6.21 Å². The van der Waals surface area contributed by atoms with E-state index in [-0.39, 0.29) is 0 Å². The maximum absolute atomic E-state index is 11.4. The molecular weight excluding hydrogens is 378 g/mol. The third-order valence-corrected chi connectivity index (χ3v) is 4.81. The Hall–Kier alpha value is -4.00. The lowest BCUT2D eigenvalue weighted by molar-refractivity contribution is 0.305. The molecule has 0 aliphatic carbocycles. The van der Waals surface area contributed by atoms with E-state index in [1.165, 1.54) is 5.56 Å². The van der Waals surface area contributed by atoms with Gasteiger partial charge in [0.2, 0.25) is 0 Å². The number of H-pyrrole nitrogens is 1. The molecule has 0 amide bonds. The van der Waals surface area contributed by atoms with E-state index in [0.29, 0.717) is 18.1 Å². The number of ether oxygens (including phenoxy) is 1. The molecule has 7 nitrogen and oxygen atoms in total. The van der Waals surface area contributed by atoms with Gasteiger partial charge in [-0.05, 0) is 41.8 Å². The molecule has 0 radical (unpaired) electrons. The summed E-state index contributed by atoms with van der Waals surface area (Å²) < 4.78 is 6.16. The zero-order valence-corrected chi connectivity index (χ0v) is 16.7. The van der Waals surface area contributed by atoms with E-state index >= 15 is 0 Å². The lowest BCUT2D eigenvalue weighted by Gasteiger charge is -2.13. The Balaban J connectivity index is 1.66. The van der Waals surface area contributed by atoms with Crippen LogP contribution in [0.5, 0.6) is 5.75 Å². The molecule has 0 aliphatic heterocycles. The first-order chi connectivity index (χ1) is 14.6. The zero-order valence-electron chi connectivity index (χ0n) is 16.7. The largest absolute Gasteiger partial charge is 0.488 e. The summed E-state index contributed by atoms with van der Waals surface area (Å²) in [6.07, 6.45) is 1.68. The van der Waals surface area contributed by atoms with Gasteiger partial charge in [0.25, 0.3) is 0 Å². The minimum Gasteiger partial charge on any atom is -0.488 e. The monoisotopic (exact) mass is 399 g/mol. The van der Waals surface area contributed by atoms with Gasteiger partial charge in [-0.2, -0.15) is 15.2 Å². The van der Waals surface area contributed by atoms with Crippen LogP contribution in [0.1, 0.15) is 22.4 Å². The van der Waals surface area contributed by atoms with Crippen molar-refractivity contribution in [2.75, 3.05) is 5.43 Å². The van der Waals surface area contributed by atoms with Crippen LogP contribution in [0.3, 0.4) is 0 Å². The van der Waals surface area contributed by atoms with Gasteiger partial charge in [-0.1, -0.05) is 54.6 Å².